The van der Waals surface area contributed by atoms with Crippen LogP contribution >= 0.6 is 0 Å². The van der Waals surface area contributed by atoms with Crippen LogP contribution in [-0.4, -0.2) is 31.1 Å². The molecule has 0 saturated heterocycles. The second kappa shape index (κ2) is 9.69. The second-order valence-corrected chi connectivity index (χ2v) is 6.91. The molecule has 0 radical (unpaired) electrons. The van der Waals surface area contributed by atoms with Crippen LogP contribution in [0, 0.1) is 0 Å². The zero-order chi connectivity index (χ0) is 23.2. The van der Waals surface area contributed by atoms with Crippen molar-refractivity contribution in [3.63, 3.8) is 0 Å². The largest absolute Gasteiger partial charge is 0.496 e. The van der Waals surface area contributed by atoms with Gasteiger partial charge in [0.25, 0.3) is 5.91 Å². The molecule has 2 amide bonds. The average molecular weight is 443 g/mol. The van der Waals surface area contributed by atoms with Gasteiger partial charge in [-0.1, -0.05) is 18.2 Å². The Kier molecular flexibility index (Phi) is 6.36. The summed E-state index contributed by atoms with van der Waals surface area (Å²) in [5.74, 6) is 1.66. The molecule has 2 N–H and O–H groups in total. The minimum absolute atomic E-state index is 0.277. The third-order valence-corrected chi connectivity index (χ3v) is 4.78. The molecule has 166 valence electrons. The summed E-state index contributed by atoms with van der Waals surface area (Å²) in [4.78, 5) is 28.7. The first-order chi connectivity index (χ1) is 16.1. The molecular weight excluding hydrogens is 422 g/mol. The number of fused-ring (bicyclic) bond motifs is 1. The van der Waals surface area contributed by atoms with Crippen molar-refractivity contribution in [3.05, 3.63) is 84.6 Å². The number of anilines is 1. The molecular formula is C25H21N3O5. The zero-order valence-electron chi connectivity index (χ0n) is 18.0. The Morgan fingerprint density at radius 2 is 1.64 bits per heavy atom. The number of para-hydroxylation sites is 1. The Balaban J connectivity index is 1.52. The summed E-state index contributed by atoms with van der Waals surface area (Å²) in [5, 5.41) is 5.92. The smallest absolute Gasteiger partial charge is 0.417 e. The topological polar surface area (TPSA) is 98.8 Å². The number of pyridine rings is 1. The SMILES string of the molecule is CNC(=O)c1cc2c(Oc3ccc(NC(=O)Oc4ccccc4)cc3)ccnc2cc1OC. The molecule has 0 aliphatic carbocycles. The molecule has 8 nitrogen and oxygen atoms in total. The minimum Gasteiger partial charge on any atom is -0.496 e. The summed E-state index contributed by atoms with van der Waals surface area (Å²) >= 11 is 0. The van der Waals surface area contributed by atoms with E-state index in [-0.39, 0.29) is 5.91 Å². The molecule has 0 fully saturated rings. The number of nitrogens with zero attached hydrogens (tertiary/aromatic N) is 1. The molecule has 33 heavy (non-hydrogen) atoms. The number of amides is 2. The van der Waals surface area contributed by atoms with Gasteiger partial charge in [-0.15, -0.1) is 0 Å². The van der Waals surface area contributed by atoms with Gasteiger partial charge in [0.05, 0.1) is 18.2 Å². The summed E-state index contributed by atoms with van der Waals surface area (Å²) in [6.45, 7) is 0. The van der Waals surface area contributed by atoms with Crippen molar-refractivity contribution >= 4 is 28.6 Å². The van der Waals surface area contributed by atoms with Gasteiger partial charge in [0.1, 0.15) is 23.0 Å². The van der Waals surface area contributed by atoms with Crippen molar-refractivity contribution < 1.29 is 23.8 Å². The fourth-order valence-corrected chi connectivity index (χ4v) is 3.19. The summed E-state index contributed by atoms with van der Waals surface area (Å²) in [6, 6.07) is 20.7. The van der Waals surface area contributed by atoms with E-state index in [0.29, 0.717) is 45.2 Å². The molecule has 4 rings (SSSR count). The van der Waals surface area contributed by atoms with Crippen molar-refractivity contribution in [2.75, 3.05) is 19.5 Å². The lowest BCUT2D eigenvalue weighted by Gasteiger charge is -2.13. The van der Waals surface area contributed by atoms with Gasteiger partial charge in [0.2, 0.25) is 0 Å². The van der Waals surface area contributed by atoms with Crippen LogP contribution in [0.4, 0.5) is 10.5 Å². The predicted octanol–water partition coefficient (Wildman–Crippen LogP) is 5.01. The molecule has 4 aromatic rings. The van der Waals surface area contributed by atoms with E-state index in [2.05, 4.69) is 15.6 Å². The van der Waals surface area contributed by atoms with Gasteiger partial charge in [-0.2, -0.15) is 0 Å². The van der Waals surface area contributed by atoms with E-state index in [9.17, 15) is 9.59 Å². The average Bonchev–Trinajstić information content (AvgIpc) is 2.84. The van der Waals surface area contributed by atoms with Gasteiger partial charge in [-0.05, 0) is 48.5 Å². The molecule has 3 aromatic carbocycles. The highest BCUT2D eigenvalue weighted by atomic mass is 16.6. The number of hydrogen-bond donors (Lipinski definition) is 2. The standard InChI is InChI=1S/C25H21N3O5/c1-26-24(29)20-14-19-21(15-23(20)31-2)27-13-12-22(19)32-18-10-8-16(9-11-18)28-25(30)33-17-6-4-3-5-7-17/h3-15H,1-2H3,(H,26,29)(H,28,30). The molecule has 0 aliphatic rings. The van der Waals surface area contributed by atoms with Gasteiger partial charge in [-0.25, -0.2) is 4.79 Å². The van der Waals surface area contributed by atoms with E-state index in [1.54, 1.807) is 80.0 Å². The van der Waals surface area contributed by atoms with Gasteiger partial charge in [-0.3, -0.25) is 15.1 Å². The maximum Gasteiger partial charge on any atom is 0.417 e. The van der Waals surface area contributed by atoms with Gasteiger partial charge in [0, 0.05) is 30.4 Å². The summed E-state index contributed by atoms with van der Waals surface area (Å²) in [5.41, 5.74) is 1.55. The highest BCUT2D eigenvalue weighted by Crippen LogP contribution is 2.33. The van der Waals surface area contributed by atoms with E-state index in [0.717, 1.165) is 0 Å². The Bertz CT molecular complexity index is 1290. The Hall–Kier alpha value is -4.59. The van der Waals surface area contributed by atoms with E-state index in [4.69, 9.17) is 14.2 Å². The first kappa shape index (κ1) is 21.6. The van der Waals surface area contributed by atoms with Crippen LogP contribution in [0.3, 0.4) is 0 Å². The van der Waals surface area contributed by atoms with Crippen molar-refractivity contribution in [1.29, 1.82) is 0 Å². The number of ether oxygens (including phenoxy) is 3. The maximum atomic E-state index is 12.3. The normalized spacial score (nSPS) is 10.4. The maximum absolute atomic E-state index is 12.3. The van der Waals surface area contributed by atoms with Crippen molar-refractivity contribution in [2.24, 2.45) is 0 Å². The number of nitrogens with one attached hydrogen (secondary N) is 2. The van der Waals surface area contributed by atoms with Gasteiger partial charge >= 0.3 is 6.09 Å². The lowest BCUT2D eigenvalue weighted by molar-refractivity contribution is 0.0960. The van der Waals surface area contributed by atoms with E-state index < -0.39 is 6.09 Å². The third-order valence-electron chi connectivity index (χ3n) is 4.78. The predicted molar refractivity (Wildman–Crippen MR) is 124 cm³/mol. The van der Waals surface area contributed by atoms with Crippen LogP contribution in [0.5, 0.6) is 23.0 Å². The Morgan fingerprint density at radius 3 is 2.33 bits per heavy atom. The van der Waals surface area contributed by atoms with Crippen molar-refractivity contribution in [1.82, 2.24) is 10.3 Å². The molecule has 0 atom stereocenters. The summed E-state index contributed by atoms with van der Waals surface area (Å²) in [6.07, 6.45) is 1.03. The first-order valence-electron chi connectivity index (χ1n) is 10.1. The number of hydrogen-bond acceptors (Lipinski definition) is 6. The molecule has 8 heteroatoms. The number of rotatable bonds is 6. The molecule has 0 aliphatic heterocycles. The number of methoxy groups -OCH3 is 1. The van der Waals surface area contributed by atoms with Crippen LogP contribution < -0.4 is 24.8 Å². The van der Waals surface area contributed by atoms with Crippen molar-refractivity contribution in [2.45, 2.75) is 0 Å². The van der Waals surface area contributed by atoms with E-state index >= 15 is 0 Å². The fraction of sp³-hybridized carbons (Fsp3) is 0.0800. The summed E-state index contributed by atoms with van der Waals surface area (Å²) < 4.78 is 16.6. The number of benzene rings is 3. The highest BCUT2D eigenvalue weighted by Gasteiger charge is 2.15. The lowest BCUT2D eigenvalue weighted by Crippen LogP contribution is -2.18. The molecule has 0 bridgehead atoms. The third kappa shape index (κ3) is 5.01. The summed E-state index contributed by atoms with van der Waals surface area (Å²) in [7, 11) is 3.05. The van der Waals surface area contributed by atoms with Crippen LogP contribution in [0.25, 0.3) is 10.9 Å². The van der Waals surface area contributed by atoms with E-state index in [1.165, 1.54) is 7.11 Å². The number of carbonyl (C=O) groups excluding carboxylic acids is 2. The zero-order valence-corrected chi connectivity index (χ0v) is 18.0. The minimum atomic E-state index is -0.592. The quantitative estimate of drug-likeness (QED) is 0.435. The van der Waals surface area contributed by atoms with E-state index in [1.807, 2.05) is 6.07 Å². The second-order valence-electron chi connectivity index (χ2n) is 6.91. The lowest BCUT2D eigenvalue weighted by atomic mass is 10.1. The molecule has 0 unspecified atom stereocenters. The molecule has 1 aromatic heterocycles. The number of aromatic nitrogens is 1. The van der Waals surface area contributed by atoms with Gasteiger partial charge < -0.3 is 19.5 Å². The number of carbonyl (C=O) groups is 2. The highest BCUT2D eigenvalue weighted by molar-refractivity contribution is 6.02. The van der Waals surface area contributed by atoms with Crippen LogP contribution in [-0.2, 0) is 0 Å². The molecule has 0 saturated carbocycles. The Morgan fingerprint density at radius 1 is 0.879 bits per heavy atom. The van der Waals surface area contributed by atoms with Gasteiger partial charge in [0.15, 0.2) is 0 Å². The van der Waals surface area contributed by atoms with Crippen molar-refractivity contribution in [3.8, 4) is 23.0 Å². The first-order valence-corrected chi connectivity index (χ1v) is 10.1. The monoisotopic (exact) mass is 443 g/mol. The van der Waals surface area contributed by atoms with Crippen LogP contribution in [0.15, 0.2) is 79.0 Å². The fourth-order valence-electron chi connectivity index (χ4n) is 3.19. The molecule has 0 spiro atoms. The van der Waals surface area contributed by atoms with Crippen LogP contribution in [0.2, 0.25) is 0 Å². The molecule has 1 heterocycles. The Labute approximate surface area is 190 Å². The van der Waals surface area contributed by atoms with Crippen LogP contribution in [0.1, 0.15) is 10.4 Å².